The first-order chi connectivity index (χ1) is 10.5. The molecule has 1 aliphatic heterocycles. The first-order valence-electron chi connectivity index (χ1n) is 6.76. The van der Waals surface area contributed by atoms with Crippen LogP contribution in [-0.4, -0.2) is 25.7 Å². The summed E-state index contributed by atoms with van der Waals surface area (Å²) in [5, 5.41) is 5.75. The Morgan fingerprint density at radius 1 is 1.41 bits per heavy atom. The van der Waals surface area contributed by atoms with Gasteiger partial charge in [-0.15, -0.1) is 0 Å². The molecule has 1 aromatic rings. The molecule has 1 aromatic carbocycles. The second-order valence-electron chi connectivity index (χ2n) is 4.68. The first-order valence-corrected chi connectivity index (χ1v) is 7.14. The van der Waals surface area contributed by atoms with E-state index in [4.69, 9.17) is 21.1 Å². The van der Waals surface area contributed by atoms with Crippen molar-refractivity contribution in [2.45, 2.75) is 19.9 Å². The topological polar surface area (TPSA) is 76.7 Å². The van der Waals surface area contributed by atoms with Crippen molar-refractivity contribution in [2.75, 3.05) is 13.7 Å². The van der Waals surface area contributed by atoms with Gasteiger partial charge in [-0.05, 0) is 32.0 Å². The third-order valence-electron chi connectivity index (χ3n) is 3.26. The second-order valence-corrected chi connectivity index (χ2v) is 5.11. The number of nitrogens with one attached hydrogen (secondary N) is 2. The van der Waals surface area contributed by atoms with Crippen molar-refractivity contribution >= 4 is 23.6 Å². The van der Waals surface area contributed by atoms with Gasteiger partial charge in [0.05, 0.1) is 25.3 Å². The SMILES string of the molecule is CCOc1ccc(Cl)cc1[C@@H]1NC(=O)NC(C)=C1C(=O)OC. The highest BCUT2D eigenvalue weighted by atomic mass is 35.5. The maximum absolute atomic E-state index is 12.1. The Balaban J connectivity index is 2.57. The number of halogens is 1. The molecule has 2 amide bonds. The van der Waals surface area contributed by atoms with Crippen molar-refractivity contribution in [1.82, 2.24) is 10.6 Å². The first kappa shape index (κ1) is 16.2. The average molecular weight is 325 g/mol. The number of hydrogen-bond donors (Lipinski definition) is 2. The summed E-state index contributed by atoms with van der Waals surface area (Å²) in [7, 11) is 1.29. The van der Waals surface area contributed by atoms with Gasteiger partial charge in [0, 0.05) is 16.3 Å². The molecule has 0 radical (unpaired) electrons. The van der Waals surface area contributed by atoms with Gasteiger partial charge < -0.3 is 20.1 Å². The molecule has 2 N–H and O–H groups in total. The van der Waals surface area contributed by atoms with Crippen molar-refractivity contribution in [3.05, 3.63) is 40.1 Å². The molecule has 0 aromatic heterocycles. The number of benzene rings is 1. The van der Waals surface area contributed by atoms with E-state index in [1.54, 1.807) is 25.1 Å². The molecule has 118 valence electrons. The van der Waals surface area contributed by atoms with Crippen molar-refractivity contribution < 1.29 is 19.1 Å². The maximum Gasteiger partial charge on any atom is 0.337 e. The van der Waals surface area contributed by atoms with E-state index in [0.717, 1.165) is 0 Å². The van der Waals surface area contributed by atoms with Gasteiger partial charge in [0.1, 0.15) is 5.75 Å². The van der Waals surface area contributed by atoms with E-state index in [0.29, 0.717) is 34.2 Å². The Morgan fingerprint density at radius 2 is 2.14 bits per heavy atom. The summed E-state index contributed by atoms with van der Waals surface area (Å²) in [6, 6.07) is 3.96. The highest BCUT2D eigenvalue weighted by Gasteiger charge is 2.33. The van der Waals surface area contributed by atoms with Crippen LogP contribution in [0.1, 0.15) is 25.5 Å². The van der Waals surface area contributed by atoms with E-state index in [2.05, 4.69) is 10.6 Å². The fourth-order valence-electron chi connectivity index (χ4n) is 2.34. The third-order valence-corrected chi connectivity index (χ3v) is 3.49. The maximum atomic E-state index is 12.1. The smallest absolute Gasteiger partial charge is 0.337 e. The number of urea groups is 1. The fraction of sp³-hybridized carbons (Fsp3) is 0.333. The van der Waals surface area contributed by atoms with Crippen LogP contribution in [0.2, 0.25) is 5.02 Å². The van der Waals surface area contributed by atoms with E-state index in [9.17, 15) is 9.59 Å². The Kier molecular flexibility index (Phi) is 4.92. The molecule has 22 heavy (non-hydrogen) atoms. The third kappa shape index (κ3) is 3.17. The molecular weight excluding hydrogens is 308 g/mol. The van der Waals surface area contributed by atoms with Gasteiger partial charge >= 0.3 is 12.0 Å². The Hall–Kier alpha value is -2.21. The summed E-state index contributed by atoms with van der Waals surface area (Å²) in [5.41, 5.74) is 1.34. The van der Waals surface area contributed by atoms with Gasteiger partial charge in [0.15, 0.2) is 0 Å². The summed E-state index contributed by atoms with van der Waals surface area (Å²) < 4.78 is 10.4. The molecule has 1 heterocycles. The molecule has 0 saturated heterocycles. The number of carbonyl (C=O) groups excluding carboxylic acids is 2. The lowest BCUT2D eigenvalue weighted by molar-refractivity contribution is -0.136. The van der Waals surface area contributed by atoms with Crippen LogP contribution in [0.3, 0.4) is 0 Å². The number of methoxy groups -OCH3 is 1. The van der Waals surface area contributed by atoms with Crippen LogP contribution in [0.4, 0.5) is 4.79 Å². The molecule has 0 spiro atoms. The molecule has 0 bridgehead atoms. The van der Waals surface area contributed by atoms with Gasteiger partial charge in [0.25, 0.3) is 0 Å². The minimum absolute atomic E-state index is 0.310. The Bertz CT molecular complexity index is 642. The van der Waals surface area contributed by atoms with Crippen molar-refractivity contribution in [2.24, 2.45) is 0 Å². The van der Waals surface area contributed by atoms with Crippen molar-refractivity contribution in [3.8, 4) is 5.75 Å². The van der Waals surface area contributed by atoms with Gasteiger partial charge in [-0.25, -0.2) is 9.59 Å². The van der Waals surface area contributed by atoms with Crippen LogP contribution in [0.15, 0.2) is 29.5 Å². The van der Waals surface area contributed by atoms with E-state index in [-0.39, 0.29) is 0 Å². The van der Waals surface area contributed by atoms with Gasteiger partial charge in [-0.1, -0.05) is 11.6 Å². The van der Waals surface area contributed by atoms with Crippen LogP contribution in [0.25, 0.3) is 0 Å². The van der Waals surface area contributed by atoms with Crippen molar-refractivity contribution in [1.29, 1.82) is 0 Å². The second kappa shape index (κ2) is 6.70. The van der Waals surface area contributed by atoms with E-state index in [1.807, 2.05) is 6.92 Å². The normalized spacial score (nSPS) is 17.6. The number of rotatable bonds is 4. The zero-order chi connectivity index (χ0) is 16.3. The predicted molar refractivity (Wildman–Crippen MR) is 81.7 cm³/mol. The molecule has 0 fully saturated rings. The van der Waals surface area contributed by atoms with Crippen LogP contribution in [-0.2, 0) is 9.53 Å². The van der Waals surface area contributed by atoms with Crippen LogP contribution in [0, 0.1) is 0 Å². The number of amides is 2. The molecule has 1 aliphatic rings. The minimum Gasteiger partial charge on any atom is -0.494 e. The number of allylic oxidation sites excluding steroid dienone is 1. The summed E-state index contributed by atoms with van der Waals surface area (Å²) >= 11 is 6.05. The monoisotopic (exact) mass is 324 g/mol. The summed E-state index contributed by atoms with van der Waals surface area (Å²) in [5.74, 6) is 0.0192. The standard InChI is InChI=1S/C15H17ClN2O4/c1-4-22-11-6-5-9(16)7-10(11)13-12(14(19)21-3)8(2)17-15(20)18-13/h5-7,13H,4H2,1-3H3,(H2,17,18,20)/t13-/m0/s1. The largest absolute Gasteiger partial charge is 0.494 e. The van der Waals surface area contributed by atoms with E-state index < -0.39 is 18.0 Å². The zero-order valence-corrected chi connectivity index (χ0v) is 13.3. The number of carbonyl (C=O) groups is 2. The summed E-state index contributed by atoms with van der Waals surface area (Å²) in [6.07, 6.45) is 0. The highest BCUT2D eigenvalue weighted by Crippen LogP contribution is 2.35. The zero-order valence-electron chi connectivity index (χ0n) is 12.5. The lowest BCUT2D eigenvalue weighted by atomic mass is 9.95. The molecule has 7 heteroatoms. The number of esters is 1. The molecule has 0 saturated carbocycles. The van der Waals surface area contributed by atoms with Gasteiger partial charge in [-0.3, -0.25) is 0 Å². The molecular formula is C15H17ClN2O4. The number of ether oxygens (including phenoxy) is 2. The molecule has 2 rings (SSSR count). The van der Waals surface area contributed by atoms with Crippen molar-refractivity contribution in [3.63, 3.8) is 0 Å². The molecule has 0 unspecified atom stereocenters. The molecule has 1 atom stereocenters. The Labute approximate surface area is 133 Å². The van der Waals surface area contributed by atoms with Gasteiger partial charge in [0.2, 0.25) is 0 Å². The molecule has 0 aliphatic carbocycles. The lowest BCUT2D eigenvalue weighted by Crippen LogP contribution is -2.45. The molecule has 6 nitrogen and oxygen atoms in total. The average Bonchev–Trinajstić information content (AvgIpc) is 2.47. The van der Waals surface area contributed by atoms with Crippen LogP contribution >= 0.6 is 11.6 Å². The van der Waals surface area contributed by atoms with E-state index >= 15 is 0 Å². The lowest BCUT2D eigenvalue weighted by Gasteiger charge is -2.29. The summed E-state index contributed by atoms with van der Waals surface area (Å²) in [4.78, 5) is 23.9. The predicted octanol–water partition coefficient (Wildman–Crippen LogP) is 2.54. The van der Waals surface area contributed by atoms with Crippen LogP contribution < -0.4 is 15.4 Å². The van der Waals surface area contributed by atoms with Crippen LogP contribution in [0.5, 0.6) is 5.75 Å². The number of hydrogen-bond acceptors (Lipinski definition) is 4. The van der Waals surface area contributed by atoms with Gasteiger partial charge in [-0.2, -0.15) is 0 Å². The highest BCUT2D eigenvalue weighted by molar-refractivity contribution is 6.30. The Morgan fingerprint density at radius 3 is 2.77 bits per heavy atom. The quantitative estimate of drug-likeness (QED) is 0.834. The minimum atomic E-state index is -0.693. The van der Waals surface area contributed by atoms with E-state index in [1.165, 1.54) is 7.11 Å². The summed E-state index contributed by atoms with van der Waals surface area (Å²) in [6.45, 7) is 3.94. The fourth-order valence-corrected chi connectivity index (χ4v) is 2.52.